The third-order valence-electron chi connectivity index (χ3n) is 5.12. The molecule has 1 unspecified atom stereocenters. The Hall–Kier alpha value is -3.33. The first-order valence-corrected chi connectivity index (χ1v) is 9.37. The highest BCUT2D eigenvalue weighted by molar-refractivity contribution is 6.07. The number of benzene rings is 2. The van der Waals surface area contributed by atoms with Crippen LogP contribution >= 0.6 is 0 Å². The summed E-state index contributed by atoms with van der Waals surface area (Å²) in [5.41, 5.74) is -0.462. The Labute approximate surface area is 172 Å². The minimum Gasteiger partial charge on any atom is -0.355 e. The number of hydrogen-bond acceptors (Lipinski definition) is 3. The summed E-state index contributed by atoms with van der Waals surface area (Å²) in [4.78, 5) is 38.8. The van der Waals surface area contributed by atoms with Gasteiger partial charge in [0.15, 0.2) is 6.67 Å². The molecular formula is C21H23F2N4O3+. The average molecular weight is 417 g/mol. The van der Waals surface area contributed by atoms with Gasteiger partial charge in [-0.15, -0.1) is 0 Å². The molecule has 3 rings (SSSR count). The van der Waals surface area contributed by atoms with Gasteiger partial charge < -0.3 is 15.5 Å². The Morgan fingerprint density at radius 2 is 1.83 bits per heavy atom. The lowest BCUT2D eigenvalue weighted by molar-refractivity contribution is -0.901. The monoisotopic (exact) mass is 417 g/mol. The van der Waals surface area contributed by atoms with Crippen molar-refractivity contribution in [1.29, 1.82) is 0 Å². The fourth-order valence-electron chi connectivity index (χ4n) is 3.50. The molecule has 1 aliphatic rings. The first-order valence-electron chi connectivity index (χ1n) is 9.37. The van der Waals surface area contributed by atoms with Crippen LogP contribution in [0.1, 0.15) is 28.4 Å². The summed E-state index contributed by atoms with van der Waals surface area (Å²) in [5.74, 6) is -2.31. The minimum atomic E-state index is -1.68. The van der Waals surface area contributed by atoms with Crippen LogP contribution in [-0.2, 0) is 16.9 Å². The van der Waals surface area contributed by atoms with E-state index in [0.717, 1.165) is 33.6 Å². The summed E-state index contributed by atoms with van der Waals surface area (Å²) in [6.07, 6.45) is 0. The maximum Gasteiger partial charge on any atom is 0.329 e. The van der Waals surface area contributed by atoms with Crippen molar-refractivity contribution in [3.63, 3.8) is 0 Å². The van der Waals surface area contributed by atoms with Gasteiger partial charge in [-0.2, -0.15) is 0 Å². The normalized spacial score (nSPS) is 19.6. The number of imide groups is 1. The lowest BCUT2D eigenvalue weighted by Crippen LogP contribution is -3.09. The molecule has 2 aromatic rings. The van der Waals surface area contributed by atoms with E-state index in [0.29, 0.717) is 12.1 Å². The number of nitrogens with one attached hydrogen (secondary N) is 3. The smallest absolute Gasteiger partial charge is 0.329 e. The maximum absolute atomic E-state index is 14.2. The molecule has 0 aromatic heterocycles. The Bertz CT molecular complexity index is 996. The van der Waals surface area contributed by atoms with Gasteiger partial charge in [0.05, 0.1) is 7.05 Å². The summed E-state index contributed by atoms with van der Waals surface area (Å²) in [6.45, 7) is 1.88. The molecule has 1 saturated heterocycles. The number of quaternary nitrogens is 1. The molecule has 1 fully saturated rings. The van der Waals surface area contributed by atoms with Crippen molar-refractivity contribution in [2.45, 2.75) is 19.0 Å². The molecule has 0 spiro atoms. The van der Waals surface area contributed by atoms with Gasteiger partial charge in [-0.25, -0.2) is 18.5 Å². The van der Waals surface area contributed by atoms with Crippen molar-refractivity contribution in [1.82, 2.24) is 15.5 Å². The Balaban J connectivity index is 1.72. The van der Waals surface area contributed by atoms with E-state index in [4.69, 9.17) is 0 Å². The third kappa shape index (κ3) is 4.02. The Morgan fingerprint density at radius 1 is 1.17 bits per heavy atom. The zero-order valence-electron chi connectivity index (χ0n) is 16.9. The molecule has 7 nitrogen and oxygen atoms in total. The fraction of sp³-hybridized carbons (Fsp3) is 0.286. The van der Waals surface area contributed by atoms with Crippen LogP contribution in [-0.4, -0.2) is 43.5 Å². The fourth-order valence-corrected chi connectivity index (χ4v) is 3.50. The SMILES string of the molecule is CNC(=O)c1ccc(C[NH+](C)CN2C(=O)N[C@@](C)(c3cc(F)ccc3F)C2=O)cc1. The van der Waals surface area contributed by atoms with E-state index in [1.165, 1.54) is 6.92 Å². The van der Waals surface area contributed by atoms with Crippen LogP contribution in [0.3, 0.4) is 0 Å². The molecule has 2 atom stereocenters. The van der Waals surface area contributed by atoms with E-state index >= 15 is 0 Å². The first kappa shape index (κ1) is 21.4. The molecule has 3 N–H and O–H groups in total. The zero-order valence-corrected chi connectivity index (χ0v) is 16.9. The van der Waals surface area contributed by atoms with Gasteiger partial charge in [-0.05, 0) is 37.3 Å². The van der Waals surface area contributed by atoms with E-state index in [9.17, 15) is 23.2 Å². The Kier molecular flexibility index (Phi) is 5.84. The van der Waals surface area contributed by atoms with Gasteiger partial charge in [0.25, 0.3) is 11.8 Å². The van der Waals surface area contributed by atoms with E-state index in [2.05, 4.69) is 10.6 Å². The van der Waals surface area contributed by atoms with Crippen LogP contribution in [0.15, 0.2) is 42.5 Å². The predicted molar refractivity (Wildman–Crippen MR) is 104 cm³/mol. The van der Waals surface area contributed by atoms with Crippen molar-refractivity contribution in [3.8, 4) is 0 Å². The standard InChI is InChI=1S/C21H22F2N4O3/c1-21(16-10-15(22)8-9-17(16)23)19(29)27(20(30)25-21)12-26(3)11-13-4-6-14(7-5-13)18(28)24-2/h4-10H,11-12H2,1-3H3,(H,24,28)(H,25,30)/p+1/t21-/m0/s1. The van der Waals surface area contributed by atoms with Crippen LogP contribution in [0, 0.1) is 11.6 Å². The van der Waals surface area contributed by atoms with Gasteiger partial charge in [0, 0.05) is 23.7 Å². The molecule has 4 amide bonds. The number of hydrogen-bond donors (Lipinski definition) is 3. The van der Waals surface area contributed by atoms with Crippen molar-refractivity contribution >= 4 is 17.8 Å². The largest absolute Gasteiger partial charge is 0.355 e. The topological polar surface area (TPSA) is 82.9 Å². The molecule has 0 radical (unpaired) electrons. The molecule has 30 heavy (non-hydrogen) atoms. The summed E-state index contributed by atoms with van der Waals surface area (Å²) in [7, 11) is 3.35. The van der Waals surface area contributed by atoms with Crippen LogP contribution < -0.4 is 15.5 Å². The van der Waals surface area contributed by atoms with Gasteiger partial charge in [-0.3, -0.25) is 9.59 Å². The number of rotatable bonds is 6. The van der Waals surface area contributed by atoms with E-state index < -0.39 is 29.1 Å². The van der Waals surface area contributed by atoms with E-state index in [1.54, 1.807) is 38.4 Å². The Morgan fingerprint density at radius 3 is 2.47 bits per heavy atom. The lowest BCUT2D eigenvalue weighted by atomic mass is 9.91. The van der Waals surface area contributed by atoms with Gasteiger partial charge >= 0.3 is 6.03 Å². The van der Waals surface area contributed by atoms with Crippen LogP contribution in [0.5, 0.6) is 0 Å². The molecule has 158 valence electrons. The van der Waals surface area contributed by atoms with E-state index in [1.807, 2.05) is 0 Å². The minimum absolute atomic E-state index is 0.0361. The molecule has 9 heteroatoms. The average Bonchev–Trinajstić information content (AvgIpc) is 2.93. The first-order chi connectivity index (χ1) is 14.2. The molecule has 1 aliphatic heterocycles. The van der Waals surface area contributed by atoms with Crippen LogP contribution in [0.4, 0.5) is 13.6 Å². The number of urea groups is 1. The number of amides is 4. The number of carbonyl (C=O) groups excluding carboxylic acids is 3. The number of nitrogens with zero attached hydrogens (tertiary/aromatic N) is 1. The summed E-state index contributed by atoms with van der Waals surface area (Å²) < 4.78 is 27.8. The summed E-state index contributed by atoms with van der Waals surface area (Å²) in [5, 5.41) is 5.03. The summed E-state index contributed by atoms with van der Waals surface area (Å²) >= 11 is 0. The second-order valence-electron chi connectivity index (χ2n) is 7.48. The maximum atomic E-state index is 14.2. The molecule has 1 heterocycles. The predicted octanol–water partition coefficient (Wildman–Crippen LogP) is 0.764. The highest BCUT2D eigenvalue weighted by Gasteiger charge is 2.51. The highest BCUT2D eigenvalue weighted by Crippen LogP contribution is 2.30. The van der Waals surface area contributed by atoms with Crippen molar-refractivity contribution < 1.29 is 28.1 Å². The van der Waals surface area contributed by atoms with Crippen LogP contribution in [0.2, 0.25) is 0 Å². The van der Waals surface area contributed by atoms with Crippen molar-refractivity contribution in [3.05, 3.63) is 70.8 Å². The van der Waals surface area contributed by atoms with Gasteiger partial charge in [0.1, 0.15) is 23.7 Å². The van der Waals surface area contributed by atoms with Gasteiger partial charge in [-0.1, -0.05) is 12.1 Å². The number of halogens is 2. The third-order valence-corrected chi connectivity index (χ3v) is 5.12. The van der Waals surface area contributed by atoms with Gasteiger partial charge in [0.2, 0.25) is 0 Å². The zero-order chi connectivity index (χ0) is 22.1. The second-order valence-corrected chi connectivity index (χ2v) is 7.48. The van der Waals surface area contributed by atoms with E-state index in [-0.39, 0.29) is 18.1 Å². The molecule has 0 saturated carbocycles. The van der Waals surface area contributed by atoms with Crippen LogP contribution in [0.25, 0.3) is 0 Å². The molecule has 0 bridgehead atoms. The quantitative estimate of drug-likeness (QED) is 0.607. The molecular weight excluding hydrogens is 394 g/mol. The number of carbonyl (C=O) groups is 3. The summed E-state index contributed by atoms with van der Waals surface area (Å²) in [6, 6.07) is 9.12. The molecule has 0 aliphatic carbocycles. The second kappa shape index (κ2) is 8.19. The van der Waals surface area contributed by atoms with Crippen molar-refractivity contribution in [2.75, 3.05) is 20.8 Å². The highest BCUT2D eigenvalue weighted by atomic mass is 19.1. The molecule has 2 aromatic carbocycles. The lowest BCUT2D eigenvalue weighted by Gasteiger charge is -2.23. The van der Waals surface area contributed by atoms with Crippen molar-refractivity contribution in [2.24, 2.45) is 0 Å².